The van der Waals surface area contributed by atoms with Crippen LogP contribution >= 0.6 is 8.60 Å². The highest BCUT2D eigenvalue weighted by molar-refractivity contribution is 7.41. The lowest BCUT2D eigenvalue weighted by atomic mass is 10.8. The molecule has 0 bridgehead atoms. The van der Waals surface area contributed by atoms with Gasteiger partial charge in [0.2, 0.25) is 0 Å². The molecule has 0 aromatic carbocycles. The van der Waals surface area contributed by atoms with Crippen molar-refractivity contribution in [1.82, 2.24) is 0 Å². The fourth-order valence-corrected chi connectivity index (χ4v) is 1.37. The fraction of sp³-hybridized carbons (Fsp3) is 1.00. The van der Waals surface area contributed by atoms with Crippen LogP contribution in [0.1, 0.15) is 0 Å². The van der Waals surface area contributed by atoms with Crippen LogP contribution in [0.25, 0.3) is 0 Å². The highest BCUT2D eigenvalue weighted by Crippen LogP contribution is 2.38. The quantitative estimate of drug-likeness (QED) is 0.437. The van der Waals surface area contributed by atoms with Gasteiger partial charge in [-0.1, -0.05) is 0 Å². The van der Waals surface area contributed by atoms with Crippen molar-refractivity contribution in [3.8, 4) is 0 Å². The Morgan fingerprint density at radius 2 is 1.00 bits per heavy atom. The minimum absolute atomic E-state index is 0.114. The van der Waals surface area contributed by atoms with Crippen molar-refractivity contribution < 1.29 is 28.9 Å². The standard InChI is InChI=1S/C6H15O6P/c7-1-4-10-13(11-5-2-8)12-6-3-9/h7-9H,1-6H2. The molecule has 0 fully saturated rings. The van der Waals surface area contributed by atoms with E-state index >= 15 is 0 Å². The highest BCUT2D eigenvalue weighted by Gasteiger charge is 2.11. The Morgan fingerprint density at radius 3 is 1.23 bits per heavy atom. The molecule has 7 heteroatoms. The summed E-state index contributed by atoms with van der Waals surface area (Å²) in [5.41, 5.74) is 0. The zero-order chi connectivity index (χ0) is 9.94. The maximum Gasteiger partial charge on any atom is 0.332 e. The summed E-state index contributed by atoms with van der Waals surface area (Å²) in [6.45, 7) is -0.0227. The topological polar surface area (TPSA) is 88.4 Å². The first-order valence-corrected chi connectivity index (χ1v) is 4.96. The first-order chi connectivity index (χ1) is 6.35. The van der Waals surface area contributed by atoms with Crippen molar-refractivity contribution in [2.45, 2.75) is 0 Å². The Balaban J connectivity index is 3.47. The molecule has 0 atom stereocenters. The van der Waals surface area contributed by atoms with E-state index in [1.54, 1.807) is 0 Å². The van der Waals surface area contributed by atoms with E-state index in [1.165, 1.54) is 0 Å². The van der Waals surface area contributed by atoms with Crippen molar-refractivity contribution in [2.24, 2.45) is 0 Å². The van der Waals surface area contributed by atoms with Crippen LogP contribution in [-0.4, -0.2) is 55.0 Å². The smallest absolute Gasteiger partial charge is 0.332 e. The maximum atomic E-state index is 8.44. The summed E-state index contributed by atoms with van der Waals surface area (Å²) in [6, 6.07) is 0. The second kappa shape index (κ2) is 10.3. The molecule has 0 spiro atoms. The summed E-state index contributed by atoms with van der Waals surface area (Å²) >= 11 is 0. The van der Waals surface area contributed by atoms with E-state index in [9.17, 15) is 0 Å². The Kier molecular flexibility index (Phi) is 10.4. The normalized spacial score (nSPS) is 11.1. The molecule has 0 aliphatic carbocycles. The molecule has 0 saturated heterocycles. The van der Waals surface area contributed by atoms with Gasteiger partial charge in [-0.2, -0.15) is 0 Å². The van der Waals surface area contributed by atoms with Crippen LogP contribution in [0.4, 0.5) is 0 Å². The van der Waals surface area contributed by atoms with Crippen LogP contribution in [0.3, 0.4) is 0 Å². The Hall–Kier alpha value is 0.190. The lowest BCUT2D eigenvalue weighted by Crippen LogP contribution is -2.05. The van der Waals surface area contributed by atoms with Gasteiger partial charge in [-0.05, 0) is 0 Å². The van der Waals surface area contributed by atoms with Crippen LogP contribution in [0.2, 0.25) is 0 Å². The van der Waals surface area contributed by atoms with Gasteiger partial charge in [-0.3, -0.25) is 0 Å². The maximum absolute atomic E-state index is 8.44. The summed E-state index contributed by atoms with van der Waals surface area (Å²) in [6.07, 6.45) is 0. The van der Waals surface area contributed by atoms with Crippen LogP contribution in [0.15, 0.2) is 0 Å². The first-order valence-electron chi connectivity index (χ1n) is 3.86. The Labute approximate surface area is 78.0 Å². The third-order valence-corrected chi connectivity index (χ3v) is 2.04. The van der Waals surface area contributed by atoms with E-state index in [1.807, 2.05) is 0 Å². The van der Waals surface area contributed by atoms with Crippen LogP contribution < -0.4 is 0 Å². The average molecular weight is 214 g/mol. The van der Waals surface area contributed by atoms with E-state index in [0.717, 1.165) is 0 Å². The molecule has 0 aliphatic heterocycles. The van der Waals surface area contributed by atoms with E-state index in [2.05, 4.69) is 0 Å². The van der Waals surface area contributed by atoms with Gasteiger partial charge in [0.1, 0.15) is 0 Å². The van der Waals surface area contributed by atoms with E-state index < -0.39 is 8.60 Å². The predicted molar refractivity (Wildman–Crippen MR) is 46.0 cm³/mol. The number of aliphatic hydroxyl groups is 3. The van der Waals surface area contributed by atoms with Gasteiger partial charge in [0, 0.05) is 0 Å². The van der Waals surface area contributed by atoms with Gasteiger partial charge in [-0.15, -0.1) is 0 Å². The molecule has 0 aromatic rings. The van der Waals surface area contributed by atoms with E-state index in [4.69, 9.17) is 28.9 Å². The Morgan fingerprint density at radius 1 is 0.692 bits per heavy atom. The molecule has 80 valence electrons. The zero-order valence-corrected chi connectivity index (χ0v) is 8.15. The second-order valence-corrected chi connectivity index (χ2v) is 3.12. The van der Waals surface area contributed by atoms with Gasteiger partial charge in [0.05, 0.1) is 39.6 Å². The molecule has 0 unspecified atom stereocenters. The van der Waals surface area contributed by atoms with Crippen molar-refractivity contribution in [3.63, 3.8) is 0 Å². The highest BCUT2D eigenvalue weighted by atomic mass is 31.2. The molecule has 3 N–H and O–H groups in total. The van der Waals surface area contributed by atoms with Crippen molar-refractivity contribution in [3.05, 3.63) is 0 Å². The average Bonchev–Trinajstić information content (AvgIpc) is 2.17. The van der Waals surface area contributed by atoms with Gasteiger partial charge in [-0.25, -0.2) is 0 Å². The van der Waals surface area contributed by atoms with E-state index in [0.29, 0.717) is 0 Å². The van der Waals surface area contributed by atoms with Crippen LogP contribution in [0, 0.1) is 0 Å². The molecule has 0 heterocycles. The lowest BCUT2D eigenvalue weighted by molar-refractivity contribution is 0.106. The van der Waals surface area contributed by atoms with Crippen molar-refractivity contribution in [2.75, 3.05) is 39.6 Å². The molecular weight excluding hydrogens is 199 g/mol. The third-order valence-electron chi connectivity index (χ3n) is 0.864. The summed E-state index contributed by atoms with van der Waals surface area (Å²) < 4.78 is 14.8. The summed E-state index contributed by atoms with van der Waals surface area (Å²) in [5, 5.41) is 25.3. The minimum atomic E-state index is -1.56. The van der Waals surface area contributed by atoms with Crippen LogP contribution in [0.5, 0.6) is 0 Å². The summed E-state index contributed by atoms with van der Waals surface area (Å²) in [7, 11) is -1.56. The predicted octanol–water partition coefficient (Wildman–Crippen LogP) is -0.760. The fourth-order valence-electron chi connectivity index (χ4n) is 0.458. The van der Waals surface area contributed by atoms with E-state index in [-0.39, 0.29) is 39.6 Å². The van der Waals surface area contributed by atoms with Gasteiger partial charge < -0.3 is 28.9 Å². The first kappa shape index (κ1) is 13.2. The van der Waals surface area contributed by atoms with Gasteiger partial charge >= 0.3 is 8.60 Å². The largest absolute Gasteiger partial charge is 0.394 e. The van der Waals surface area contributed by atoms with Gasteiger partial charge in [0.15, 0.2) is 0 Å². The van der Waals surface area contributed by atoms with Crippen molar-refractivity contribution >= 4 is 8.60 Å². The number of hydrogen-bond acceptors (Lipinski definition) is 6. The molecule has 0 amide bonds. The molecule has 0 radical (unpaired) electrons. The SMILES string of the molecule is OCCOP(OCCO)OCCO. The van der Waals surface area contributed by atoms with Crippen molar-refractivity contribution in [1.29, 1.82) is 0 Å². The Bertz CT molecular complexity index is 84.1. The summed E-state index contributed by atoms with van der Waals surface area (Å²) in [5.74, 6) is 0. The third kappa shape index (κ3) is 8.52. The minimum Gasteiger partial charge on any atom is -0.394 e. The molecule has 0 saturated carbocycles. The number of aliphatic hydroxyl groups excluding tert-OH is 3. The molecule has 6 nitrogen and oxygen atoms in total. The number of rotatable bonds is 9. The van der Waals surface area contributed by atoms with Gasteiger partial charge in [0.25, 0.3) is 0 Å². The summed E-state index contributed by atoms with van der Waals surface area (Å²) in [4.78, 5) is 0. The number of hydrogen-bond donors (Lipinski definition) is 3. The monoisotopic (exact) mass is 214 g/mol. The zero-order valence-electron chi connectivity index (χ0n) is 7.26. The molecule has 13 heavy (non-hydrogen) atoms. The molecular formula is C6H15O6P. The molecule has 0 aliphatic rings. The van der Waals surface area contributed by atoms with Crippen LogP contribution in [-0.2, 0) is 13.6 Å². The second-order valence-electron chi connectivity index (χ2n) is 1.89. The molecule has 0 rings (SSSR count). The lowest BCUT2D eigenvalue weighted by Gasteiger charge is -2.14. The molecule has 0 aromatic heterocycles.